The summed E-state index contributed by atoms with van der Waals surface area (Å²) in [5.74, 6) is 0.959. The fourth-order valence-corrected chi connectivity index (χ4v) is 3.26. The van der Waals surface area contributed by atoms with E-state index in [1.165, 1.54) is 0 Å². The SMILES string of the molecule is OC12CC[N+](CCOc3ccccc3)(CC1)CC2. The van der Waals surface area contributed by atoms with Gasteiger partial charge < -0.3 is 14.3 Å². The molecule has 3 aliphatic heterocycles. The molecule has 3 saturated heterocycles. The second-order valence-corrected chi connectivity index (χ2v) is 5.87. The smallest absolute Gasteiger partial charge is 0.137 e. The van der Waals surface area contributed by atoms with E-state index in [0.29, 0.717) is 0 Å². The molecule has 0 unspecified atom stereocenters. The maximum absolute atomic E-state index is 10.2. The minimum absolute atomic E-state index is 0.333. The van der Waals surface area contributed by atoms with Gasteiger partial charge in [0.15, 0.2) is 0 Å². The van der Waals surface area contributed by atoms with Crippen LogP contribution < -0.4 is 4.74 Å². The highest BCUT2D eigenvalue weighted by Gasteiger charge is 2.47. The molecule has 3 aliphatic rings. The van der Waals surface area contributed by atoms with Crippen LogP contribution in [0.4, 0.5) is 0 Å². The van der Waals surface area contributed by atoms with E-state index in [2.05, 4.69) is 0 Å². The molecule has 2 bridgehead atoms. The molecular formula is C15H22NO2+. The average Bonchev–Trinajstić information content (AvgIpc) is 2.42. The number of piperidine rings is 3. The molecule has 1 aromatic rings. The van der Waals surface area contributed by atoms with Crippen molar-refractivity contribution < 1.29 is 14.3 Å². The molecule has 3 fully saturated rings. The lowest BCUT2D eigenvalue weighted by atomic mass is 9.81. The molecule has 3 nitrogen and oxygen atoms in total. The summed E-state index contributed by atoms with van der Waals surface area (Å²) in [5, 5.41) is 10.2. The number of hydrogen-bond acceptors (Lipinski definition) is 2. The molecule has 4 rings (SSSR count). The van der Waals surface area contributed by atoms with Gasteiger partial charge in [0.25, 0.3) is 0 Å². The van der Waals surface area contributed by atoms with E-state index in [4.69, 9.17) is 4.74 Å². The Balaban J connectivity index is 1.52. The van der Waals surface area contributed by atoms with Gasteiger partial charge >= 0.3 is 0 Å². The maximum atomic E-state index is 10.2. The molecule has 0 aromatic heterocycles. The van der Waals surface area contributed by atoms with E-state index in [-0.39, 0.29) is 5.60 Å². The number of hydrogen-bond donors (Lipinski definition) is 1. The van der Waals surface area contributed by atoms with Gasteiger partial charge in [-0.15, -0.1) is 0 Å². The average molecular weight is 248 g/mol. The summed E-state index contributed by atoms with van der Waals surface area (Å²) in [7, 11) is 0. The van der Waals surface area contributed by atoms with Crippen LogP contribution in [0.15, 0.2) is 30.3 Å². The zero-order valence-corrected chi connectivity index (χ0v) is 10.8. The molecule has 0 radical (unpaired) electrons. The number of ether oxygens (including phenoxy) is 1. The number of benzene rings is 1. The highest BCUT2D eigenvalue weighted by Crippen LogP contribution is 2.36. The molecule has 0 atom stereocenters. The molecular weight excluding hydrogens is 226 g/mol. The van der Waals surface area contributed by atoms with Gasteiger partial charge in [-0.3, -0.25) is 0 Å². The Hall–Kier alpha value is -1.06. The summed E-state index contributed by atoms with van der Waals surface area (Å²) < 4.78 is 6.95. The van der Waals surface area contributed by atoms with Crippen molar-refractivity contribution in [2.24, 2.45) is 0 Å². The second-order valence-electron chi connectivity index (χ2n) is 5.87. The number of rotatable bonds is 4. The highest BCUT2D eigenvalue weighted by atomic mass is 16.5. The lowest BCUT2D eigenvalue weighted by molar-refractivity contribution is -0.944. The number of aliphatic hydroxyl groups is 1. The standard InChI is InChI=1S/C15H22NO2/c17-15-6-9-16(10-7-15,11-8-15)12-13-18-14-4-2-1-3-5-14/h1-5,17H,6-13H2/q+1. The number of para-hydroxylation sites is 1. The quantitative estimate of drug-likeness (QED) is 0.824. The van der Waals surface area contributed by atoms with Crippen molar-refractivity contribution in [2.75, 3.05) is 32.8 Å². The van der Waals surface area contributed by atoms with Crippen molar-refractivity contribution in [1.82, 2.24) is 0 Å². The van der Waals surface area contributed by atoms with Crippen molar-refractivity contribution >= 4 is 0 Å². The van der Waals surface area contributed by atoms with Gasteiger partial charge in [-0.25, -0.2) is 0 Å². The molecule has 3 heteroatoms. The summed E-state index contributed by atoms with van der Waals surface area (Å²) in [5.41, 5.74) is -0.333. The van der Waals surface area contributed by atoms with Crippen LogP contribution >= 0.6 is 0 Å². The molecule has 0 saturated carbocycles. The normalized spacial score (nSPS) is 34.5. The Labute approximate surface area is 109 Å². The summed E-state index contributed by atoms with van der Waals surface area (Å²) in [6, 6.07) is 10.0. The first kappa shape index (κ1) is 12.0. The fraction of sp³-hybridized carbons (Fsp3) is 0.600. The Morgan fingerprint density at radius 1 is 1.06 bits per heavy atom. The minimum atomic E-state index is -0.333. The summed E-state index contributed by atoms with van der Waals surface area (Å²) in [4.78, 5) is 0. The largest absolute Gasteiger partial charge is 0.488 e. The first-order valence-electron chi connectivity index (χ1n) is 6.95. The molecule has 0 aliphatic carbocycles. The molecule has 0 amide bonds. The van der Waals surface area contributed by atoms with Gasteiger partial charge in [-0.2, -0.15) is 0 Å². The molecule has 18 heavy (non-hydrogen) atoms. The van der Waals surface area contributed by atoms with Crippen molar-refractivity contribution in [3.63, 3.8) is 0 Å². The van der Waals surface area contributed by atoms with Crippen LogP contribution in [-0.2, 0) is 0 Å². The zero-order valence-electron chi connectivity index (χ0n) is 10.8. The van der Waals surface area contributed by atoms with Crippen LogP contribution in [0.3, 0.4) is 0 Å². The van der Waals surface area contributed by atoms with Crippen molar-refractivity contribution in [3.8, 4) is 5.75 Å². The van der Waals surface area contributed by atoms with Crippen LogP contribution in [-0.4, -0.2) is 48.0 Å². The number of quaternary nitrogens is 1. The summed E-state index contributed by atoms with van der Waals surface area (Å²) >= 11 is 0. The van der Waals surface area contributed by atoms with Crippen LogP contribution in [0.1, 0.15) is 19.3 Å². The third-order valence-electron chi connectivity index (χ3n) is 4.73. The van der Waals surface area contributed by atoms with Gasteiger partial charge in [0, 0.05) is 19.3 Å². The van der Waals surface area contributed by atoms with Crippen LogP contribution in [0.25, 0.3) is 0 Å². The fourth-order valence-electron chi connectivity index (χ4n) is 3.26. The third kappa shape index (κ3) is 2.38. The first-order valence-corrected chi connectivity index (χ1v) is 6.95. The molecule has 0 spiro atoms. The van der Waals surface area contributed by atoms with Crippen LogP contribution in [0.5, 0.6) is 5.75 Å². The summed E-state index contributed by atoms with van der Waals surface area (Å²) in [6.45, 7) is 5.21. The maximum Gasteiger partial charge on any atom is 0.137 e. The Morgan fingerprint density at radius 3 is 2.28 bits per heavy atom. The Bertz CT molecular complexity index is 380. The molecule has 1 N–H and O–H groups in total. The highest BCUT2D eigenvalue weighted by molar-refractivity contribution is 5.20. The van der Waals surface area contributed by atoms with E-state index >= 15 is 0 Å². The Kier molecular flexibility index (Phi) is 3.04. The Morgan fingerprint density at radius 2 is 1.67 bits per heavy atom. The van der Waals surface area contributed by atoms with E-state index in [1.54, 1.807) is 0 Å². The van der Waals surface area contributed by atoms with E-state index in [0.717, 1.165) is 62.3 Å². The second kappa shape index (κ2) is 4.56. The monoisotopic (exact) mass is 248 g/mol. The van der Waals surface area contributed by atoms with Gasteiger partial charge in [-0.05, 0) is 12.1 Å². The van der Waals surface area contributed by atoms with Gasteiger partial charge in [0.05, 0.1) is 25.2 Å². The zero-order chi connectivity index (χ0) is 12.5. The number of fused-ring (bicyclic) bond motifs is 3. The van der Waals surface area contributed by atoms with Crippen LogP contribution in [0, 0.1) is 0 Å². The number of nitrogens with zero attached hydrogens (tertiary/aromatic N) is 1. The van der Waals surface area contributed by atoms with E-state index in [1.807, 2.05) is 30.3 Å². The predicted octanol–water partition coefficient (Wildman–Crippen LogP) is 1.81. The van der Waals surface area contributed by atoms with Crippen LogP contribution in [0.2, 0.25) is 0 Å². The predicted molar refractivity (Wildman–Crippen MR) is 70.5 cm³/mol. The van der Waals surface area contributed by atoms with E-state index in [9.17, 15) is 5.11 Å². The van der Waals surface area contributed by atoms with Crippen molar-refractivity contribution in [2.45, 2.75) is 24.9 Å². The van der Waals surface area contributed by atoms with Gasteiger partial charge in [0.2, 0.25) is 0 Å². The lowest BCUT2D eigenvalue weighted by Crippen LogP contribution is -2.65. The molecule has 1 aromatic carbocycles. The van der Waals surface area contributed by atoms with Gasteiger partial charge in [-0.1, -0.05) is 18.2 Å². The first-order chi connectivity index (χ1) is 8.70. The van der Waals surface area contributed by atoms with Crippen molar-refractivity contribution in [3.05, 3.63) is 30.3 Å². The van der Waals surface area contributed by atoms with E-state index < -0.39 is 0 Å². The molecule has 3 heterocycles. The molecule has 98 valence electrons. The summed E-state index contributed by atoms with van der Waals surface area (Å²) in [6.07, 6.45) is 2.91. The topological polar surface area (TPSA) is 29.5 Å². The third-order valence-corrected chi connectivity index (χ3v) is 4.73. The minimum Gasteiger partial charge on any atom is -0.488 e. The van der Waals surface area contributed by atoms with Gasteiger partial charge in [0.1, 0.15) is 18.9 Å². The lowest BCUT2D eigenvalue weighted by Gasteiger charge is -2.52. The van der Waals surface area contributed by atoms with Crippen molar-refractivity contribution in [1.29, 1.82) is 0 Å².